The van der Waals surface area contributed by atoms with Crippen molar-refractivity contribution in [1.82, 2.24) is 0 Å². The lowest BCUT2D eigenvalue weighted by molar-refractivity contribution is 0.0474. The van der Waals surface area contributed by atoms with Crippen LogP contribution in [0.3, 0.4) is 0 Å². The van der Waals surface area contributed by atoms with Crippen LogP contribution >= 0.6 is 0 Å². The predicted molar refractivity (Wildman–Crippen MR) is 71.9 cm³/mol. The van der Waals surface area contributed by atoms with Gasteiger partial charge in [-0.2, -0.15) is 0 Å². The molecule has 0 amide bonds. The van der Waals surface area contributed by atoms with Gasteiger partial charge in [0.1, 0.15) is 11.3 Å². The van der Waals surface area contributed by atoms with Gasteiger partial charge in [0.2, 0.25) is 0 Å². The lowest BCUT2D eigenvalue weighted by Gasteiger charge is -2.17. The van der Waals surface area contributed by atoms with E-state index in [-0.39, 0.29) is 11.3 Å². The molecule has 3 atom stereocenters. The summed E-state index contributed by atoms with van der Waals surface area (Å²) in [7, 11) is 0. The van der Waals surface area contributed by atoms with Crippen molar-refractivity contribution in [2.45, 2.75) is 19.3 Å². The Labute approximate surface area is 112 Å². The Hall–Kier alpha value is -1.77. The summed E-state index contributed by atoms with van der Waals surface area (Å²) in [6, 6.07) is 6.49. The number of ether oxygens (including phenoxy) is 1. The average molecular weight is 258 g/mol. The van der Waals surface area contributed by atoms with Gasteiger partial charge in [-0.15, -0.1) is 0 Å². The van der Waals surface area contributed by atoms with E-state index in [1.807, 2.05) is 0 Å². The van der Waals surface area contributed by atoms with E-state index in [4.69, 9.17) is 4.74 Å². The van der Waals surface area contributed by atoms with Crippen molar-refractivity contribution in [1.29, 1.82) is 0 Å². The average Bonchev–Trinajstić information content (AvgIpc) is 3.01. The van der Waals surface area contributed by atoms with Crippen LogP contribution in [0.15, 0.2) is 36.4 Å². The number of hydrogen-bond acceptors (Lipinski definition) is 3. The molecule has 3 unspecified atom stereocenters. The van der Waals surface area contributed by atoms with Gasteiger partial charge >= 0.3 is 5.97 Å². The van der Waals surface area contributed by atoms with Crippen LogP contribution in [0.5, 0.6) is 5.75 Å². The minimum atomic E-state index is -0.434. The first-order valence-corrected chi connectivity index (χ1v) is 6.87. The maximum absolute atomic E-state index is 11.8. The van der Waals surface area contributed by atoms with Crippen molar-refractivity contribution in [3.8, 4) is 5.75 Å². The molecule has 2 aliphatic carbocycles. The fraction of sp³-hybridized carbons (Fsp3) is 0.438. The highest BCUT2D eigenvalue weighted by Crippen LogP contribution is 2.44. The molecule has 3 nitrogen and oxygen atoms in total. The highest BCUT2D eigenvalue weighted by molar-refractivity contribution is 5.92. The minimum absolute atomic E-state index is 0.0182. The van der Waals surface area contributed by atoms with Crippen molar-refractivity contribution >= 4 is 5.97 Å². The lowest BCUT2D eigenvalue weighted by atomic mass is 9.91. The number of hydrogen-bond donors (Lipinski definition) is 1. The summed E-state index contributed by atoms with van der Waals surface area (Å²) < 4.78 is 5.26. The number of phenols is 1. The summed E-state index contributed by atoms with van der Waals surface area (Å²) in [5.74, 6) is 1.65. The van der Waals surface area contributed by atoms with Gasteiger partial charge in [0.25, 0.3) is 0 Å². The third kappa shape index (κ3) is 2.50. The van der Waals surface area contributed by atoms with Crippen LogP contribution in [0.4, 0.5) is 0 Å². The predicted octanol–water partition coefficient (Wildman–Crippen LogP) is 3.15. The van der Waals surface area contributed by atoms with Crippen LogP contribution in [0.1, 0.15) is 29.6 Å². The van der Waals surface area contributed by atoms with E-state index >= 15 is 0 Å². The van der Waals surface area contributed by atoms with Gasteiger partial charge in [-0.05, 0) is 49.1 Å². The van der Waals surface area contributed by atoms with Gasteiger partial charge < -0.3 is 9.84 Å². The number of esters is 1. The molecule has 2 bridgehead atoms. The number of allylic oxidation sites excluding steroid dienone is 2. The van der Waals surface area contributed by atoms with E-state index in [1.54, 1.807) is 18.2 Å². The van der Waals surface area contributed by atoms with E-state index in [0.717, 1.165) is 12.3 Å². The zero-order valence-corrected chi connectivity index (χ0v) is 10.8. The quantitative estimate of drug-likeness (QED) is 0.666. The monoisotopic (exact) mass is 258 g/mol. The SMILES string of the molecule is O=C(OCCC1CC2C=CC1C2)c1ccccc1O. The minimum Gasteiger partial charge on any atom is -0.507 e. The van der Waals surface area contributed by atoms with E-state index < -0.39 is 5.97 Å². The Morgan fingerprint density at radius 3 is 2.79 bits per heavy atom. The van der Waals surface area contributed by atoms with E-state index in [0.29, 0.717) is 18.4 Å². The maximum Gasteiger partial charge on any atom is 0.341 e. The van der Waals surface area contributed by atoms with Gasteiger partial charge in [0.15, 0.2) is 0 Å². The standard InChI is InChI=1S/C16H18O3/c17-15-4-2-1-3-14(15)16(18)19-8-7-13-10-11-5-6-12(13)9-11/h1-6,11-13,17H,7-10H2. The first-order chi connectivity index (χ1) is 9.24. The fourth-order valence-electron chi connectivity index (χ4n) is 3.25. The summed E-state index contributed by atoms with van der Waals surface area (Å²) in [5, 5.41) is 9.57. The zero-order valence-electron chi connectivity index (χ0n) is 10.8. The molecular weight excluding hydrogens is 240 g/mol. The van der Waals surface area contributed by atoms with Crippen LogP contribution in [0.25, 0.3) is 0 Å². The molecule has 1 fully saturated rings. The zero-order chi connectivity index (χ0) is 13.2. The molecule has 0 saturated heterocycles. The number of phenolic OH excluding ortho intramolecular Hbond substituents is 1. The first kappa shape index (κ1) is 12.3. The normalized spacial score (nSPS) is 27.7. The van der Waals surface area contributed by atoms with E-state index in [1.165, 1.54) is 18.9 Å². The molecule has 0 aliphatic heterocycles. The fourth-order valence-corrected chi connectivity index (χ4v) is 3.25. The van der Waals surface area contributed by atoms with E-state index in [2.05, 4.69) is 12.2 Å². The summed E-state index contributed by atoms with van der Waals surface area (Å²) >= 11 is 0. The number of rotatable bonds is 4. The summed E-state index contributed by atoms with van der Waals surface area (Å²) in [4.78, 5) is 11.8. The van der Waals surface area contributed by atoms with Crippen LogP contribution < -0.4 is 0 Å². The van der Waals surface area contributed by atoms with Crippen molar-refractivity contribution in [3.63, 3.8) is 0 Å². The van der Waals surface area contributed by atoms with Gasteiger partial charge in [-0.1, -0.05) is 24.3 Å². The van der Waals surface area contributed by atoms with Crippen LogP contribution in [0, 0.1) is 17.8 Å². The molecule has 1 aromatic carbocycles. The van der Waals surface area contributed by atoms with Crippen molar-refractivity contribution in [3.05, 3.63) is 42.0 Å². The number of aromatic hydroxyl groups is 1. The Kier molecular flexibility index (Phi) is 3.28. The van der Waals surface area contributed by atoms with Crippen molar-refractivity contribution < 1.29 is 14.6 Å². The number of para-hydroxylation sites is 1. The molecule has 1 aromatic rings. The molecule has 0 heterocycles. The Balaban J connectivity index is 1.49. The van der Waals surface area contributed by atoms with Gasteiger partial charge in [0, 0.05) is 0 Å². The summed E-state index contributed by atoms with van der Waals surface area (Å²) in [5.41, 5.74) is 0.246. The topological polar surface area (TPSA) is 46.5 Å². The first-order valence-electron chi connectivity index (χ1n) is 6.87. The number of benzene rings is 1. The second-order valence-corrected chi connectivity index (χ2v) is 5.48. The van der Waals surface area contributed by atoms with Gasteiger partial charge in [-0.25, -0.2) is 4.79 Å². The van der Waals surface area contributed by atoms with E-state index in [9.17, 15) is 9.90 Å². The second-order valence-electron chi connectivity index (χ2n) is 5.48. The molecule has 3 rings (SSSR count). The van der Waals surface area contributed by atoms with Crippen LogP contribution in [-0.4, -0.2) is 17.7 Å². The maximum atomic E-state index is 11.8. The number of fused-ring (bicyclic) bond motifs is 2. The molecule has 100 valence electrons. The second kappa shape index (κ2) is 5.08. The van der Waals surface area contributed by atoms with Gasteiger partial charge in [0.05, 0.1) is 6.61 Å². The van der Waals surface area contributed by atoms with Crippen molar-refractivity contribution in [2.24, 2.45) is 17.8 Å². The Morgan fingerprint density at radius 2 is 2.11 bits per heavy atom. The highest BCUT2D eigenvalue weighted by atomic mass is 16.5. The molecule has 1 saturated carbocycles. The number of carbonyl (C=O) groups is 1. The largest absolute Gasteiger partial charge is 0.507 e. The van der Waals surface area contributed by atoms with Crippen molar-refractivity contribution in [2.75, 3.05) is 6.61 Å². The lowest BCUT2D eigenvalue weighted by Crippen LogP contribution is -2.13. The molecule has 1 N–H and O–H groups in total. The van der Waals surface area contributed by atoms with Crippen LogP contribution in [-0.2, 0) is 4.74 Å². The van der Waals surface area contributed by atoms with Crippen LogP contribution in [0.2, 0.25) is 0 Å². The highest BCUT2D eigenvalue weighted by Gasteiger charge is 2.35. The molecular formula is C16H18O3. The molecule has 0 spiro atoms. The molecule has 2 aliphatic rings. The Bertz CT molecular complexity index is 506. The number of carbonyl (C=O) groups excluding carboxylic acids is 1. The third-order valence-corrected chi connectivity index (χ3v) is 4.26. The molecule has 19 heavy (non-hydrogen) atoms. The molecule has 3 heteroatoms. The third-order valence-electron chi connectivity index (χ3n) is 4.26. The van der Waals surface area contributed by atoms with Gasteiger partial charge in [-0.3, -0.25) is 0 Å². The molecule has 0 radical (unpaired) electrons. The summed E-state index contributed by atoms with van der Waals surface area (Å²) in [6.45, 7) is 0.439. The molecule has 0 aromatic heterocycles. The summed E-state index contributed by atoms with van der Waals surface area (Å²) in [6.07, 6.45) is 8.05. The smallest absolute Gasteiger partial charge is 0.341 e. The Morgan fingerprint density at radius 1 is 1.26 bits per heavy atom.